The van der Waals surface area contributed by atoms with Crippen molar-refractivity contribution in [1.29, 1.82) is 0 Å². The minimum absolute atomic E-state index is 0.168. The molecule has 3 aromatic rings. The smallest absolute Gasteiger partial charge is 0.289 e. The lowest BCUT2D eigenvalue weighted by atomic mass is 10.1. The third-order valence-electron chi connectivity index (χ3n) is 4.28. The van der Waals surface area contributed by atoms with Gasteiger partial charge in [-0.2, -0.15) is 0 Å². The van der Waals surface area contributed by atoms with Gasteiger partial charge < -0.3 is 18.8 Å². The van der Waals surface area contributed by atoms with E-state index in [2.05, 4.69) is 0 Å². The van der Waals surface area contributed by atoms with Gasteiger partial charge in [0.05, 0.1) is 14.2 Å². The standard InChI is InChI=1S/C20H21NO4/c1-13-15-9-5-6-10-16(15)25-18(13)20(22)21(2)12-14-8-7-11-17(23-3)19(14)24-4/h5-11H,12H2,1-4H3. The van der Waals surface area contributed by atoms with Crippen LogP contribution in [0.5, 0.6) is 11.5 Å². The molecule has 1 aromatic heterocycles. The summed E-state index contributed by atoms with van der Waals surface area (Å²) in [6, 6.07) is 13.3. The van der Waals surface area contributed by atoms with E-state index < -0.39 is 0 Å². The highest BCUT2D eigenvalue weighted by atomic mass is 16.5. The molecule has 25 heavy (non-hydrogen) atoms. The number of fused-ring (bicyclic) bond motifs is 1. The number of hydrogen-bond donors (Lipinski definition) is 0. The van der Waals surface area contributed by atoms with Gasteiger partial charge >= 0.3 is 0 Å². The molecule has 3 rings (SSSR count). The summed E-state index contributed by atoms with van der Waals surface area (Å²) < 4.78 is 16.5. The summed E-state index contributed by atoms with van der Waals surface area (Å²) >= 11 is 0. The molecule has 0 unspecified atom stereocenters. The highest BCUT2D eigenvalue weighted by molar-refractivity contribution is 5.98. The van der Waals surface area contributed by atoms with Crippen LogP contribution in [0.1, 0.15) is 21.7 Å². The topological polar surface area (TPSA) is 51.9 Å². The molecule has 0 fully saturated rings. The first kappa shape index (κ1) is 16.9. The molecule has 5 nitrogen and oxygen atoms in total. The van der Waals surface area contributed by atoms with Gasteiger partial charge in [0.15, 0.2) is 17.3 Å². The zero-order chi connectivity index (χ0) is 18.0. The van der Waals surface area contributed by atoms with Gasteiger partial charge in [0.2, 0.25) is 0 Å². The second-order valence-electron chi connectivity index (χ2n) is 5.87. The molecule has 0 bridgehead atoms. The predicted molar refractivity (Wildman–Crippen MR) is 96.3 cm³/mol. The van der Waals surface area contributed by atoms with Gasteiger partial charge in [-0.05, 0) is 19.1 Å². The minimum Gasteiger partial charge on any atom is -0.493 e. The molecular formula is C20H21NO4. The number of rotatable bonds is 5. The van der Waals surface area contributed by atoms with Crippen molar-refractivity contribution in [2.24, 2.45) is 0 Å². The Hall–Kier alpha value is -2.95. The molecule has 0 radical (unpaired) electrons. The van der Waals surface area contributed by atoms with E-state index in [1.807, 2.05) is 49.4 Å². The lowest BCUT2D eigenvalue weighted by Crippen LogP contribution is -2.26. The Bertz CT molecular complexity index is 913. The summed E-state index contributed by atoms with van der Waals surface area (Å²) in [6.07, 6.45) is 0. The molecule has 0 saturated carbocycles. The normalized spacial score (nSPS) is 10.7. The number of hydrogen-bond acceptors (Lipinski definition) is 4. The number of carbonyl (C=O) groups is 1. The lowest BCUT2D eigenvalue weighted by molar-refractivity contribution is 0.0753. The Labute approximate surface area is 146 Å². The van der Waals surface area contributed by atoms with Crippen LogP contribution in [0.25, 0.3) is 11.0 Å². The molecule has 0 atom stereocenters. The van der Waals surface area contributed by atoms with Crippen LogP contribution in [0, 0.1) is 6.92 Å². The maximum atomic E-state index is 12.9. The van der Waals surface area contributed by atoms with E-state index in [0.717, 1.165) is 22.1 Å². The van der Waals surface area contributed by atoms with E-state index in [-0.39, 0.29) is 5.91 Å². The van der Waals surface area contributed by atoms with Crippen LogP contribution in [0.4, 0.5) is 0 Å². The van der Waals surface area contributed by atoms with E-state index in [4.69, 9.17) is 13.9 Å². The van der Waals surface area contributed by atoms with Crippen LogP contribution < -0.4 is 9.47 Å². The van der Waals surface area contributed by atoms with Gasteiger partial charge in [-0.25, -0.2) is 0 Å². The number of nitrogens with zero attached hydrogens (tertiary/aromatic N) is 1. The van der Waals surface area contributed by atoms with E-state index in [9.17, 15) is 4.79 Å². The number of amides is 1. The van der Waals surface area contributed by atoms with Crippen molar-refractivity contribution < 1.29 is 18.7 Å². The number of ether oxygens (including phenoxy) is 2. The van der Waals surface area contributed by atoms with E-state index >= 15 is 0 Å². The highest BCUT2D eigenvalue weighted by Gasteiger charge is 2.22. The van der Waals surface area contributed by atoms with Gasteiger partial charge in [-0.15, -0.1) is 0 Å². The van der Waals surface area contributed by atoms with Gasteiger partial charge in [0.25, 0.3) is 5.91 Å². The van der Waals surface area contributed by atoms with Crippen LogP contribution >= 0.6 is 0 Å². The predicted octanol–water partition coefficient (Wildman–Crippen LogP) is 4.03. The Balaban J connectivity index is 1.89. The van der Waals surface area contributed by atoms with Crippen molar-refractivity contribution in [1.82, 2.24) is 4.90 Å². The second kappa shape index (κ2) is 6.89. The summed E-state index contributed by atoms with van der Waals surface area (Å²) in [5.74, 6) is 1.47. The first-order valence-corrected chi connectivity index (χ1v) is 8.00. The molecule has 0 aliphatic heterocycles. The van der Waals surface area contributed by atoms with Gasteiger partial charge in [-0.1, -0.05) is 30.3 Å². The average Bonchev–Trinajstić information content (AvgIpc) is 2.97. The van der Waals surface area contributed by atoms with Crippen LogP contribution in [-0.4, -0.2) is 32.1 Å². The molecule has 1 heterocycles. The summed E-state index contributed by atoms with van der Waals surface area (Å²) in [6.45, 7) is 2.29. The lowest BCUT2D eigenvalue weighted by Gasteiger charge is -2.19. The molecular weight excluding hydrogens is 318 g/mol. The van der Waals surface area contributed by atoms with E-state index in [1.54, 1.807) is 26.2 Å². The largest absolute Gasteiger partial charge is 0.493 e. The fourth-order valence-electron chi connectivity index (χ4n) is 2.96. The van der Waals surface area contributed by atoms with Crippen molar-refractivity contribution in [2.75, 3.05) is 21.3 Å². The summed E-state index contributed by atoms with van der Waals surface area (Å²) in [5, 5.41) is 0.957. The number of benzene rings is 2. The third kappa shape index (κ3) is 3.05. The highest BCUT2D eigenvalue weighted by Crippen LogP contribution is 2.32. The molecule has 0 N–H and O–H groups in total. The molecule has 0 aliphatic carbocycles. The van der Waals surface area contributed by atoms with Gasteiger partial charge in [0, 0.05) is 30.1 Å². The van der Waals surface area contributed by atoms with Crippen molar-refractivity contribution >= 4 is 16.9 Å². The molecule has 0 saturated heterocycles. The third-order valence-corrected chi connectivity index (χ3v) is 4.28. The average molecular weight is 339 g/mol. The minimum atomic E-state index is -0.168. The zero-order valence-electron chi connectivity index (χ0n) is 14.8. The molecule has 5 heteroatoms. The maximum Gasteiger partial charge on any atom is 0.289 e. The molecule has 0 spiro atoms. The zero-order valence-corrected chi connectivity index (χ0v) is 14.8. The van der Waals surface area contributed by atoms with Crippen LogP contribution in [-0.2, 0) is 6.54 Å². The number of aryl methyl sites for hydroxylation is 1. The monoisotopic (exact) mass is 339 g/mol. The van der Waals surface area contributed by atoms with Crippen molar-refractivity contribution in [3.63, 3.8) is 0 Å². The van der Waals surface area contributed by atoms with Gasteiger partial charge in [-0.3, -0.25) is 4.79 Å². The summed E-state index contributed by atoms with van der Waals surface area (Å²) in [4.78, 5) is 14.5. The number of para-hydroxylation sites is 2. The number of methoxy groups -OCH3 is 2. The second-order valence-corrected chi connectivity index (χ2v) is 5.87. The molecule has 1 amide bonds. The van der Waals surface area contributed by atoms with Crippen LogP contribution in [0.15, 0.2) is 46.9 Å². The molecule has 2 aromatic carbocycles. The Morgan fingerprint density at radius 3 is 2.52 bits per heavy atom. The molecule has 130 valence electrons. The summed E-state index contributed by atoms with van der Waals surface area (Å²) in [7, 11) is 4.93. The van der Waals surface area contributed by atoms with E-state index in [0.29, 0.717) is 23.8 Å². The Morgan fingerprint density at radius 2 is 1.84 bits per heavy atom. The maximum absolute atomic E-state index is 12.9. The molecule has 0 aliphatic rings. The quantitative estimate of drug-likeness (QED) is 0.704. The van der Waals surface area contributed by atoms with Crippen LogP contribution in [0.2, 0.25) is 0 Å². The fourth-order valence-corrected chi connectivity index (χ4v) is 2.96. The first-order chi connectivity index (χ1) is 12.1. The van der Waals surface area contributed by atoms with Crippen molar-refractivity contribution in [3.05, 3.63) is 59.4 Å². The Kier molecular flexibility index (Phi) is 4.65. The summed E-state index contributed by atoms with van der Waals surface area (Å²) in [5.41, 5.74) is 2.44. The number of furan rings is 1. The van der Waals surface area contributed by atoms with Crippen molar-refractivity contribution in [2.45, 2.75) is 13.5 Å². The van der Waals surface area contributed by atoms with Crippen molar-refractivity contribution in [3.8, 4) is 11.5 Å². The first-order valence-electron chi connectivity index (χ1n) is 8.00. The SMILES string of the molecule is COc1cccc(CN(C)C(=O)c2oc3ccccc3c2C)c1OC. The Morgan fingerprint density at radius 1 is 1.08 bits per heavy atom. The van der Waals surface area contributed by atoms with Crippen LogP contribution in [0.3, 0.4) is 0 Å². The fraction of sp³-hybridized carbons (Fsp3) is 0.250. The van der Waals surface area contributed by atoms with E-state index in [1.165, 1.54) is 0 Å². The van der Waals surface area contributed by atoms with Gasteiger partial charge in [0.1, 0.15) is 5.58 Å². The number of carbonyl (C=O) groups excluding carboxylic acids is 1.